The SMILES string of the molecule is CCCCCCCCCn1c(C2CC(=O)N(c3cccc(Cl)c3)C2)nc2ccccc21. The van der Waals surface area contributed by atoms with E-state index in [0.29, 0.717) is 18.0 Å². The summed E-state index contributed by atoms with van der Waals surface area (Å²) in [5, 5.41) is 0.653. The fourth-order valence-electron chi connectivity index (χ4n) is 4.64. The number of halogens is 1. The number of amides is 1. The molecule has 0 saturated carbocycles. The molecule has 0 aliphatic carbocycles. The van der Waals surface area contributed by atoms with Gasteiger partial charge in [0.15, 0.2) is 0 Å². The second-order valence-corrected chi connectivity index (χ2v) is 9.05. The number of benzene rings is 2. The third-order valence-electron chi connectivity index (χ3n) is 6.28. The molecular weight excluding hydrogens is 406 g/mol. The van der Waals surface area contributed by atoms with Gasteiger partial charge in [-0.3, -0.25) is 4.79 Å². The number of anilines is 1. The summed E-state index contributed by atoms with van der Waals surface area (Å²) in [5.74, 6) is 1.29. The number of carbonyl (C=O) groups is 1. The highest BCUT2D eigenvalue weighted by atomic mass is 35.5. The van der Waals surface area contributed by atoms with Gasteiger partial charge in [0.2, 0.25) is 5.91 Å². The van der Waals surface area contributed by atoms with Gasteiger partial charge in [-0.15, -0.1) is 0 Å². The van der Waals surface area contributed by atoms with E-state index >= 15 is 0 Å². The molecule has 31 heavy (non-hydrogen) atoms. The predicted octanol–water partition coefficient (Wildman–Crippen LogP) is 6.96. The van der Waals surface area contributed by atoms with E-state index in [-0.39, 0.29) is 11.8 Å². The molecule has 0 spiro atoms. The summed E-state index contributed by atoms with van der Waals surface area (Å²) in [5.41, 5.74) is 3.07. The van der Waals surface area contributed by atoms with Crippen molar-refractivity contribution in [3.05, 3.63) is 59.4 Å². The summed E-state index contributed by atoms with van der Waals surface area (Å²) < 4.78 is 2.36. The van der Waals surface area contributed by atoms with Crippen molar-refractivity contribution in [3.8, 4) is 0 Å². The molecule has 3 aromatic rings. The van der Waals surface area contributed by atoms with Crippen molar-refractivity contribution in [3.63, 3.8) is 0 Å². The number of hydrogen-bond donors (Lipinski definition) is 0. The smallest absolute Gasteiger partial charge is 0.227 e. The number of carbonyl (C=O) groups excluding carboxylic acids is 1. The van der Waals surface area contributed by atoms with Crippen LogP contribution in [0.15, 0.2) is 48.5 Å². The molecule has 1 aliphatic rings. The molecular formula is C26H32ClN3O. The van der Waals surface area contributed by atoms with Crippen LogP contribution in [0.2, 0.25) is 5.02 Å². The van der Waals surface area contributed by atoms with Gasteiger partial charge in [-0.1, -0.05) is 75.2 Å². The maximum absolute atomic E-state index is 12.8. The Morgan fingerprint density at radius 1 is 1.00 bits per heavy atom. The fraction of sp³-hybridized carbons (Fsp3) is 0.462. The van der Waals surface area contributed by atoms with Crippen LogP contribution >= 0.6 is 11.6 Å². The van der Waals surface area contributed by atoms with Crippen molar-refractivity contribution in [2.75, 3.05) is 11.4 Å². The molecule has 1 aliphatic heterocycles. The Balaban J connectivity index is 1.49. The minimum atomic E-state index is 0.100. The molecule has 164 valence electrons. The lowest BCUT2D eigenvalue weighted by Gasteiger charge is -2.17. The average Bonchev–Trinajstić information content (AvgIpc) is 3.34. The second-order valence-electron chi connectivity index (χ2n) is 8.62. The Kier molecular flexibility index (Phi) is 7.29. The van der Waals surface area contributed by atoms with Gasteiger partial charge in [0.25, 0.3) is 0 Å². The molecule has 1 saturated heterocycles. The molecule has 0 N–H and O–H groups in total. The van der Waals surface area contributed by atoms with Gasteiger partial charge in [0.1, 0.15) is 5.82 Å². The first-order chi connectivity index (χ1) is 15.2. The summed E-state index contributed by atoms with van der Waals surface area (Å²) in [7, 11) is 0. The first-order valence-corrected chi connectivity index (χ1v) is 12.1. The van der Waals surface area contributed by atoms with Crippen LogP contribution < -0.4 is 4.90 Å². The van der Waals surface area contributed by atoms with Gasteiger partial charge in [-0.2, -0.15) is 0 Å². The summed E-state index contributed by atoms with van der Waals surface area (Å²) >= 11 is 6.16. The number of nitrogens with zero attached hydrogens (tertiary/aromatic N) is 3. The van der Waals surface area contributed by atoms with Gasteiger partial charge in [0.05, 0.1) is 11.0 Å². The van der Waals surface area contributed by atoms with Crippen LogP contribution in [0.4, 0.5) is 5.69 Å². The number of fused-ring (bicyclic) bond motifs is 1. The lowest BCUT2D eigenvalue weighted by atomic mass is 10.1. The molecule has 1 atom stereocenters. The molecule has 5 heteroatoms. The zero-order chi connectivity index (χ0) is 21.6. The molecule has 0 radical (unpaired) electrons. The van der Waals surface area contributed by atoms with E-state index in [1.165, 1.54) is 44.0 Å². The van der Waals surface area contributed by atoms with Crippen molar-refractivity contribution >= 4 is 34.2 Å². The van der Waals surface area contributed by atoms with Crippen LogP contribution in [0.25, 0.3) is 11.0 Å². The Morgan fingerprint density at radius 2 is 1.77 bits per heavy atom. The summed E-state index contributed by atoms with van der Waals surface area (Å²) in [6, 6.07) is 15.9. The van der Waals surface area contributed by atoms with E-state index in [4.69, 9.17) is 16.6 Å². The second kappa shape index (κ2) is 10.3. The van der Waals surface area contributed by atoms with Crippen molar-refractivity contribution in [2.24, 2.45) is 0 Å². The molecule has 1 fully saturated rings. The zero-order valence-electron chi connectivity index (χ0n) is 18.4. The van der Waals surface area contributed by atoms with Crippen LogP contribution in [0, 0.1) is 0 Å². The normalized spacial score (nSPS) is 16.5. The van der Waals surface area contributed by atoms with Crippen LogP contribution in [-0.4, -0.2) is 22.0 Å². The lowest BCUT2D eigenvalue weighted by Crippen LogP contribution is -2.24. The van der Waals surface area contributed by atoms with E-state index < -0.39 is 0 Å². The first kappa shape index (κ1) is 21.9. The van der Waals surface area contributed by atoms with Crippen molar-refractivity contribution in [2.45, 2.75) is 70.8 Å². The predicted molar refractivity (Wildman–Crippen MR) is 129 cm³/mol. The molecule has 0 bridgehead atoms. The summed E-state index contributed by atoms with van der Waals surface area (Å²) in [6.07, 6.45) is 9.49. The minimum absolute atomic E-state index is 0.100. The summed E-state index contributed by atoms with van der Waals surface area (Å²) in [6.45, 7) is 3.87. The lowest BCUT2D eigenvalue weighted by molar-refractivity contribution is -0.117. The van der Waals surface area contributed by atoms with Crippen molar-refractivity contribution < 1.29 is 4.79 Å². The minimum Gasteiger partial charge on any atom is -0.328 e. The van der Waals surface area contributed by atoms with Gasteiger partial charge < -0.3 is 9.47 Å². The van der Waals surface area contributed by atoms with Crippen LogP contribution in [0.3, 0.4) is 0 Å². The number of para-hydroxylation sites is 2. The monoisotopic (exact) mass is 437 g/mol. The van der Waals surface area contributed by atoms with Gasteiger partial charge in [-0.05, 0) is 36.8 Å². The average molecular weight is 438 g/mol. The van der Waals surface area contributed by atoms with E-state index in [9.17, 15) is 4.79 Å². The Hall–Kier alpha value is -2.33. The van der Waals surface area contributed by atoms with Crippen LogP contribution in [0.5, 0.6) is 0 Å². The third-order valence-corrected chi connectivity index (χ3v) is 6.51. The molecule has 4 nitrogen and oxygen atoms in total. The van der Waals surface area contributed by atoms with Gasteiger partial charge in [0, 0.05) is 36.1 Å². The highest BCUT2D eigenvalue weighted by molar-refractivity contribution is 6.30. The largest absolute Gasteiger partial charge is 0.328 e. The van der Waals surface area contributed by atoms with Gasteiger partial charge in [-0.25, -0.2) is 4.98 Å². The molecule has 4 rings (SSSR count). The third kappa shape index (κ3) is 5.12. The van der Waals surface area contributed by atoms with E-state index in [0.717, 1.165) is 30.0 Å². The molecule has 2 aromatic carbocycles. The van der Waals surface area contributed by atoms with Crippen molar-refractivity contribution in [1.29, 1.82) is 0 Å². The Labute approximate surface area is 190 Å². The molecule has 2 heterocycles. The topological polar surface area (TPSA) is 38.1 Å². The number of aromatic nitrogens is 2. The molecule has 1 aromatic heterocycles. The Bertz CT molecular complexity index is 1030. The zero-order valence-corrected chi connectivity index (χ0v) is 19.2. The number of unbranched alkanes of at least 4 members (excludes halogenated alkanes) is 6. The maximum Gasteiger partial charge on any atom is 0.227 e. The quantitative estimate of drug-likeness (QED) is 0.321. The molecule has 1 amide bonds. The highest BCUT2D eigenvalue weighted by Gasteiger charge is 2.34. The maximum atomic E-state index is 12.8. The van der Waals surface area contributed by atoms with Gasteiger partial charge >= 0.3 is 0 Å². The standard InChI is InChI=1S/C26H32ClN3O/c1-2-3-4-5-6-7-10-16-29-24-15-9-8-14-23(24)28-26(29)20-17-25(31)30(19-20)22-13-11-12-21(27)18-22/h8-9,11-15,18,20H,2-7,10,16-17,19H2,1H3. The Morgan fingerprint density at radius 3 is 2.58 bits per heavy atom. The number of rotatable bonds is 10. The first-order valence-electron chi connectivity index (χ1n) is 11.7. The number of imidazole rings is 1. The van der Waals surface area contributed by atoms with E-state index in [2.05, 4.69) is 29.7 Å². The number of aryl methyl sites for hydroxylation is 1. The summed E-state index contributed by atoms with van der Waals surface area (Å²) in [4.78, 5) is 19.7. The van der Waals surface area contributed by atoms with Crippen molar-refractivity contribution in [1.82, 2.24) is 9.55 Å². The molecule has 1 unspecified atom stereocenters. The fourth-order valence-corrected chi connectivity index (χ4v) is 4.83. The van der Waals surface area contributed by atoms with Crippen LogP contribution in [-0.2, 0) is 11.3 Å². The van der Waals surface area contributed by atoms with Crippen LogP contribution in [0.1, 0.15) is 70.0 Å². The number of hydrogen-bond acceptors (Lipinski definition) is 2. The van der Waals surface area contributed by atoms with E-state index in [1.807, 2.05) is 35.2 Å². The highest BCUT2D eigenvalue weighted by Crippen LogP contribution is 2.34. The van der Waals surface area contributed by atoms with E-state index in [1.54, 1.807) is 0 Å².